The van der Waals surface area contributed by atoms with E-state index < -0.39 is 21.3 Å². The summed E-state index contributed by atoms with van der Waals surface area (Å²) in [6.07, 6.45) is 17.9. The van der Waals surface area contributed by atoms with Gasteiger partial charge in [0, 0.05) is 0 Å². The zero-order valence-electron chi connectivity index (χ0n) is 38.2. The first kappa shape index (κ1) is 47.6. The van der Waals surface area contributed by atoms with E-state index in [1.807, 2.05) is 0 Å². The molecule has 2 aliphatic rings. The maximum atomic E-state index is 2.63. The molecule has 0 heterocycles. The standard InChI is InChI=1S/C33H33.C21H26.C5H5.2ClH.Zr/c1-32(2,3)30-20-26-24(18-28(30)22-13-9-7-10-14-22)17-25-19-29(23-15-11-8-12-16-23)31(21-27(25)26)33(4,5)6;1-3-5-7-18-9-13-20(14-10-18)17-21-15-11-19(12-16-21)8-6-4-2;1-2-4-5-3-1;;;/h7-16,18,20-21H,17H2,1-6H3;9-16H,3-8H2,1-2H3;1-5H;2*1H;/q;;;;;+2/p-2. The van der Waals surface area contributed by atoms with Gasteiger partial charge in [-0.1, -0.05) is 0 Å². The van der Waals surface area contributed by atoms with E-state index in [1.54, 1.807) is 12.0 Å². The van der Waals surface area contributed by atoms with Crippen LogP contribution in [-0.4, -0.2) is 3.21 Å². The Balaban J connectivity index is 0.00000321. The van der Waals surface area contributed by atoms with Crippen LogP contribution in [0.5, 0.6) is 0 Å². The molecule has 6 aromatic carbocycles. The van der Waals surface area contributed by atoms with Crippen LogP contribution in [0.2, 0.25) is 3.63 Å². The number of hydrogen-bond acceptors (Lipinski definition) is 0. The topological polar surface area (TPSA) is 0 Å². The molecule has 0 bridgehead atoms. The summed E-state index contributed by atoms with van der Waals surface area (Å²) in [5, 5.41) is 0. The molecule has 318 valence electrons. The minimum absolute atomic E-state index is 0. The molecule has 0 spiro atoms. The predicted molar refractivity (Wildman–Crippen MR) is 258 cm³/mol. The third-order valence-electron chi connectivity index (χ3n) is 12.8. The van der Waals surface area contributed by atoms with E-state index in [0.717, 1.165) is 19.3 Å². The van der Waals surface area contributed by atoms with Gasteiger partial charge in [0.25, 0.3) is 0 Å². The van der Waals surface area contributed by atoms with Crippen LogP contribution in [0.25, 0.3) is 33.4 Å². The van der Waals surface area contributed by atoms with Crippen molar-refractivity contribution in [1.82, 2.24) is 0 Å². The van der Waals surface area contributed by atoms with Gasteiger partial charge in [0.1, 0.15) is 0 Å². The normalized spacial score (nSPS) is 12.9. The zero-order valence-corrected chi connectivity index (χ0v) is 42.2. The van der Waals surface area contributed by atoms with Gasteiger partial charge in [0.2, 0.25) is 0 Å². The second-order valence-electron chi connectivity index (χ2n) is 19.3. The van der Waals surface area contributed by atoms with Crippen LogP contribution < -0.4 is 28.1 Å². The SMILES string of the molecule is CCCCc1ccc([C](c2ccc(CCCC)cc2)=[Zr+2]([c]2c3c(cc(C(C)(C)C)c2-c2ccccc2)-c2cc(C(C)(C)C)c(-c4ccccc4)cc2C3)[CH]2C=CC=C2)cc1.[Cl-].[Cl-]. The Kier molecular flexibility index (Phi) is 15.6. The minimum Gasteiger partial charge on any atom is -1.00 e. The van der Waals surface area contributed by atoms with E-state index in [-0.39, 0.29) is 35.6 Å². The zero-order chi connectivity index (χ0) is 42.0. The first-order valence-corrected chi connectivity index (χ1v) is 26.6. The minimum atomic E-state index is -3.07. The molecule has 8 rings (SSSR count). The van der Waals surface area contributed by atoms with Gasteiger partial charge < -0.3 is 24.8 Å². The van der Waals surface area contributed by atoms with Crippen molar-refractivity contribution in [2.24, 2.45) is 0 Å². The molecule has 0 aliphatic heterocycles. The van der Waals surface area contributed by atoms with Crippen molar-refractivity contribution in [3.63, 3.8) is 0 Å². The number of benzene rings is 6. The van der Waals surface area contributed by atoms with Gasteiger partial charge in [0.05, 0.1) is 0 Å². The van der Waals surface area contributed by atoms with Gasteiger partial charge in [-0.25, -0.2) is 0 Å². The molecule has 2 aliphatic carbocycles. The van der Waals surface area contributed by atoms with E-state index in [1.165, 1.54) is 98.0 Å². The molecule has 0 radical (unpaired) electrons. The van der Waals surface area contributed by atoms with Gasteiger partial charge in [0.15, 0.2) is 0 Å². The van der Waals surface area contributed by atoms with Crippen LogP contribution in [0, 0.1) is 0 Å². The van der Waals surface area contributed by atoms with Gasteiger partial charge >= 0.3 is 372 Å². The fraction of sp³-hybridized carbons (Fsp3) is 0.305. The maximum absolute atomic E-state index is 3.07. The van der Waals surface area contributed by atoms with Crippen LogP contribution in [0.4, 0.5) is 0 Å². The summed E-state index contributed by atoms with van der Waals surface area (Å²) in [6, 6.07) is 50.1. The number of allylic oxidation sites excluding steroid dienone is 4. The summed E-state index contributed by atoms with van der Waals surface area (Å²) in [5.74, 6) is 0. The summed E-state index contributed by atoms with van der Waals surface area (Å²) in [6.45, 7) is 19.1. The van der Waals surface area contributed by atoms with Crippen LogP contribution in [0.1, 0.15) is 126 Å². The number of aryl methyl sites for hydroxylation is 2. The summed E-state index contributed by atoms with van der Waals surface area (Å²) < 4.78 is 3.68. The van der Waals surface area contributed by atoms with Crippen molar-refractivity contribution < 1.29 is 46.1 Å². The van der Waals surface area contributed by atoms with E-state index in [9.17, 15) is 0 Å². The smallest absolute Gasteiger partial charge is 1.00 e. The van der Waals surface area contributed by atoms with Gasteiger partial charge in [-0.2, -0.15) is 0 Å². The molecule has 0 saturated heterocycles. The average Bonchev–Trinajstić information content (AvgIpc) is 3.92. The number of rotatable bonds is 12. The molecule has 0 nitrogen and oxygen atoms in total. The second kappa shape index (κ2) is 20.3. The van der Waals surface area contributed by atoms with E-state index in [0.29, 0.717) is 3.63 Å². The Hall–Kier alpha value is -3.87. The molecule has 0 N–H and O–H groups in total. The predicted octanol–water partition coefficient (Wildman–Crippen LogP) is 9.31. The van der Waals surface area contributed by atoms with Gasteiger partial charge in [-0.15, -0.1) is 0 Å². The molecule has 0 saturated carbocycles. The van der Waals surface area contributed by atoms with Crippen LogP contribution in [-0.2, 0) is 51.4 Å². The van der Waals surface area contributed by atoms with Gasteiger partial charge in [-0.05, 0) is 0 Å². The summed E-state index contributed by atoms with van der Waals surface area (Å²) in [5.41, 5.74) is 19.9. The number of unbranched alkanes of at least 4 members (excludes halogenated alkanes) is 2. The summed E-state index contributed by atoms with van der Waals surface area (Å²) in [4.78, 5) is 0. The fourth-order valence-electron chi connectivity index (χ4n) is 9.65. The van der Waals surface area contributed by atoms with Crippen molar-refractivity contribution in [2.45, 2.75) is 115 Å². The van der Waals surface area contributed by atoms with E-state index in [2.05, 4.69) is 207 Å². The monoisotopic (exact) mass is 932 g/mol. The third-order valence-corrected chi connectivity index (χ3v) is 20.9. The Bertz CT molecular complexity index is 2500. The van der Waals surface area contributed by atoms with Crippen molar-refractivity contribution in [3.05, 3.63) is 196 Å². The quantitative estimate of drug-likeness (QED) is 0.115. The molecule has 0 aromatic heterocycles. The molecule has 3 heteroatoms. The Morgan fingerprint density at radius 2 is 1.03 bits per heavy atom. The van der Waals surface area contributed by atoms with Crippen LogP contribution in [0.3, 0.4) is 0 Å². The Labute approximate surface area is 394 Å². The summed E-state index contributed by atoms with van der Waals surface area (Å²) >= 11 is -3.07. The molecule has 0 amide bonds. The molecule has 62 heavy (non-hydrogen) atoms. The molecule has 0 fully saturated rings. The molecule has 0 unspecified atom stereocenters. The first-order chi connectivity index (χ1) is 29.0. The molecule has 6 aromatic rings. The number of hydrogen-bond donors (Lipinski definition) is 0. The van der Waals surface area contributed by atoms with E-state index in [4.69, 9.17) is 0 Å². The third kappa shape index (κ3) is 9.92. The van der Waals surface area contributed by atoms with Crippen molar-refractivity contribution in [2.75, 3.05) is 0 Å². The maximum Gasteiger partial charge on any atom is -1.00 e. The first-order valence-electron chi connectivity index (χ1n) is 22.7. The van der Waals surface area contributed by atoms with Crippen molar-refractivity contribution >= 4 is 6.48 Å². The largest absolute Gasteiger partial charge is 1.00 e. The number of halogens is 2. The Morgan fingerprint density at radius 3 is 1.52 bits per heavy atom. The second-order valence-corrected chi connectivity index (χ2v) is 25.5. The van der Waals surface area contributed by atoms with Crippen molar-refractivity contribution in [3.8, 4) is 33.4 Å². The molecular weight excluding hydrogens is 871 g/mol. The van der Waals surface area contributed by atoms with E-state index >= 15 is 0 Å². The number of fused-ring (bicyclic) bond motifs is 3. The fourth-order valence-corrected chi connectivity index (χ4v) is 18.4. The van der Waals surface area contributed by atoms with Crippen molar-refractivity contribution in [1.29, 1.82) is 0 Å². The van der Waals surface area contributed by atoms with Crippen LogP contribution in [0.15, 0.2) is 152 Å². The average molecular weight is 935 g/mol. The molecular formula is C59H64Cl2Zr. The van der Waals surface area contributed by atoms with Gasteiger partial charge in [-0.3, -0.25) is 0 Å². The molecule has 0 atom stereocenters. The van der Waals surface area contributed by atoms with Crippen LogP contribution >= 0.6 is 0 Å². The Morgan fingerprint density at radius 1 is 0.548 bits per heavy atom. The summed E-state index contributed by atoms with van der Waals surface area (Å²) in [7, 11) is 0.